The molecular weight excluding hydrogens is 454 g/mol. The number of anilines is 2. The van der Waals surface area contributed by atoms with Crippen LogP contribution in [-0.4, -0.2) is 36.2 Å². The van der Waals surface area contributed by atoms with Crippen molar-refractivity contribution >= 4 is 47.5 Å². The number of guanidine groups is 1. The van der Waals surface area contributed by atoms with Crippen LogP contribution in [0.15, 0.2) is 76.4 Å². The van der Waals surface area contributed by atoms with Crippen LogP contribution in [0.3, 0.4) is 0 Å². The van der Waals surface area contributed by atoms with Crippen LogP contribution in [0.2, 0.25) is 5.02 Å². The predicted molar refractivity (Wildman–Crippen MR) is 137 cm³/mol. The van der Waals surface area contributed by atoms with Crippen molar-refractivity contribution in [1.29, 1.82) is 0 Å². The summed E-state index contributed by atoms with van der Waals surface area (Å²) in [5.41, 5.74) is 3.53. The first-order valence-corrected chi connectivity index (χ1v) is 11.4. The molecule has 0 aliphatic heterocycles. The number of hydroxylamine groups is 1. The van der Waals surface area contributed by atoms with E-state index in [1.807, 2.05) is 48.5 Å². The highest BCUT2D eigenvalue weighted by Crippen LogP contribution is 2.32. The number of aliphatic imine (C=N–C) groups is 2. The third-order valence-electron chi connectivity index (χ3n) is 4.92. The lowest BCUT2D eigenvalue weighted by Crippen LogP contribution is -2.26. The van der Waals surface area contributed by atoms with E-state index in [9.17, 15) is 9.59 Å². The topological polar surface area (TPSA) is 106 Å². The van der Waals surface area contributed by atoms with Gasteiger partial charge in [0.1, 0.15) is 0 Å². The molecule has 0 fully saturated rings. The van der Waals surface area contributed by atoms with Gasteiger partial charge in [0.05, 0.1) is 10.7 Å². The van der Waals surface area contributed by atoms with E-state index in [1.54, 1.807) is 23.4 Å². The molecule has 2 rings (SSSR count). The van der Waals surface area contributed by atoms with Crippen LogP contribution in [0.1, 0.15) is 39.0 Å². The van der Waals surface area contributed by atoms with Crippen molar-refractivity contribution in [2.75, 3.05) is 11.4 Å². The van der Waals surface area contributed by atoms with Gasteiger partial charge in [-0.2, -0.15) is 0 Å². The van der Waals surface area contributed by atoms with Crippen molar-refractivity contribution in [2.45, 2.75) is 39.0 Å². The van der Waals surface area contributed by atoms with E-state index in [0.717, 1.165) is 24.9 Å². The first-order valence-electron chi connectivity index (χ1n) is 11.0. The number of hydrogen-bond acceptors (Lipinski definition) is 4. The molecule has 0 saturated heterocycles. The Morgan fingerprint density at radius 3 is 2.41 bits per heavy atom. The highest BCUT2D eigenvalue weighted by Gasteiger charge is 2.17. The summed E-state index contributed by atoms with van der Waals surface area (Å²) in [6.07, 6.45) is 4.93. The van der Waals surface area contributed by atoms with Crippen LogP contribution in [0.5, 0.6) is 0 Å². The number of nitrogens with one attached hydrogen (secondary N) is 2. The minimum atomic E-state index is -0.386. The number of halogens is 1. The number of benzene rings is 2. The molecule has 0 saturated carbocycles. The first-order chi connectivity index (χ1) is 16.5. The molecule has 0 bridgehead atoms. The van der Waals surface area contributed by atoms with E-state index in [2.05, 4.69) is 22.0 Å². The average Bonchev–Trinajstić information content (AvgIpc) is 2.86. The number of unbranched alkanes of at least 4 members (excludes halogenated alkanes) is 3. The number of rotatable bonds is 11. The molecule has 0 heterocycles. The quantitative estimate of drug-likeness (QED) is 0.104. The van der Waals surface area contributed by atoms with Gasteiger partial charge >= 0.3 is 0 Å². The van der Waals surface area contributed by atoms with Crippen LogP contribution in [0.4, 0.5) is 11.4 Å². The summed E-state index contributed by atoms with van der Waals surface area (Å²) in [7, 11) is 0. The minimum Gasteiger partial charge on any atom is -0.352 e. The Bertz CT molecular complexity index is 1020. The van der Waals surface area contributed by atoms with Gasteiger partial charge in [-0.1, -0.05) is 54.8 Å². The maximum absolute atomic E-state index is 12.4. The number of carbonyl (C=O) groups excluding carboxylic acids is 2. The number of carbonyl (C=O) groups is 2. The molecule has 0 aromatic heterocycles. The molecule has 0 radical (unpaired) electrons. The van der Waals surface area contributed by atoms with Crippen LogP contribution in [-0.2, 0) is 9.59 Å². The summed E-state index contributed by atoms with van der Waals surface area (Å²) in [5.74, 6) is -0.336. The molecule has 2 aromatic rings. The lowest BCUT2D eigenvalue weighted by atomic mass is 10.1. The molecule has 3 N–H and O–H groups in total. The Labute approximate surface area is 205 Å². The van der Waals surface area contributed by atoms with Gasteiger partial charge in [-0.3, -0.25) is 19.7 Å². The Morgan fingerprint density at radius 2 is 1.74 bits per heavy atom. The minimum absolute atomic E-state index is 0.226. The van der Waals surface area contributed by atoms with E-state index in [1.165, 1.54) is 6.20 Å². The molecule has 2 amide bonds. The van der Waals surface area contributed by atoms with Gasteiger partial charge in [-0.15, -0.1) is 0 Å². The zero-order valence-corrected chi connectivity index (χ0v) is 20.0. The molecule has 0 atom stereocenters. The van der Waals surface area contributed by atoms with Crippen molar-refractivity contribution in [3.8, 4) is 0 Å². The fourth-order valence-electron chi connectivity index (χ4n) is 3.12. The molecule has 0 aliphatic carbocycles. The Morgan fingerprint density at radius 1 is 1.06 bits per heavy atom. The Hall–Kier alpha value is -3.49. The number of amides is 2. The van der Waals surface area contributed by atoms with Gasteiger partial charge in [0.15, 0.2) is 0 Å². The molecule has 0 aliphatic rings. The molecule has 0 spiro atoms. The summed E-state index contributed by atoms with van der Waals surface area (Å²) >= 11 is 6.44. The van der Waals surface area contributed by atoms with E-state index in [4.69, 9.17) is 16.8 Å². The van der Waals surface area contributed by atoms with E-state index >= 15 is 0 Å². The first kappa shape index (κ1) is 26.8. The fourth-order valence-corrected chi connectivity index (χ4v) is 3.34. The number of nitrogens with zero attached hydrogens (tertiary/aromatic N) is 3. The fraction of sp³-hybridized carbons (Fsp3) is 0.280. The van der Waals surface area contributed by atoms with Crippen LogP contribution in [0, 0.1) is 0 Å². The standard InChI is InChI=1S/C25H30ClN5O3/c1-19(24(33)28-17-11-4-3-8-16-23(32)30-34)18-29-25(27-2)31(20-12-6-5-7-13-20)22-15-10-9-14-21(22)26/h5-7,9-10,12-15,18,34H,2-4,8,11,16-17H2,1H3,(H,28,33)(H,30,32)/b19-18+,29-25?. The second kappa shape index (κ2) is 14.6. The second-order valence-corrected chi connectivity index (χ2v) is 7.88. The number of hydrogen-bond donors (Lipinski definition) is 3. The van der Waals surface area contributed by atoms with Crippen LogP contribution < -0.4 is 15.7 Å². The largest absolute Gasteiger partial charge is 0.352 e. The van der Waals surface area contributed by atoms with Crippen molar-refractivity contribution < 1.29 is 14.8 Å². The molecule has 0 unspecified atom stereocenters. The molecular formula is C25H30ClN5O3. The summed E-state index contributed by atoms with van der Waals surface area (Å²) in [5, 5.41) is 11.8. The van der Waals surface area contributed by atoms with E-state index in [0.29, 0.717) is 29.2 Å². The lowest BCUT2D eigenvalue weighted by Gasteiger charge is -2.24. The predicted octanol–water partition coefficient (Wildman–Crippen LogP) is 5.01. The summed E-state index contributed by atoms with van der Waals surface area (Å²) in [6.45, 7) is 5.84. The zero-order valence-electron chi connectivity index (χ0n) is 19.2. The molecule has 34 heavy (non-hydrogen) atoms. The molecule has 2 aromatic carbocycles. The Balaban J connectivity index is 2.03. The van der Waals surface area contributed by atoms with Gasteiger partial charge in [-0.25, -0.2) is 15.5 Å². The smallest absolute Gasteiger partial charge is 0.248 e. The normalized spacial score (nSPS) is 11.6. The average molecular weight is 484 g/mol. The number of para-hydroxylation sites is 2. The van der Waals surface area contributed by atoms with E-state index < -0.39 is 0 Å². The monoisotopic (exact) mass is 483 g/mol. The van der Waals surface area contributed by atoms with Crippen molar-refractivity contribution in [2.24, 2.45) is 9.98 Å². The SMILES string of the molecule is C=NC(=N/C=C(\C)C(=O)NCCCCCCC(=O)NO)N(c1ccccc1)c1ccccc1Cl. The van der Waals surface area contributed by atoms with Crippen molar-refractivity contribution in [1.82, 2.24) is 10.8 Å². The van der Waals surface area contributed by atoms with Gasteiger partial charge < -0.3 is 5.32 Å². The second-order valence-electron chi connectivity index (χ2n) is 7.48. The molecule has 180 valence electrons. The van der Waals surface area contributed by atoms with Gasteiger partial charge in [0, 0.05) is 30.4 Å². The van der Waals surface area contributed by atoms with Crippen LogP contribution in [0.25, 0.3) is 0 Å². The molecule has 8 nitrogen and oxygen atoms in total. The highest BCUT2D eigenvalue weighted by molar-refractivity contribution is 6.34. The van der Waals surface area contributed by atoms with Gasteiger partial charge in [0.2, 0.25) is 17.8 Å². The zero-order chi connectivity index (χ0) is 24.8. The maximum atomic E-state index is 12.4. The van der Waals surface area contributed by atoms with Crippen molar-refractivity contribution in [3.05, 3.63) is 71.4 Å². The molecule has 9 heteroatoms. The lowest BCUT2D eigenvalue weighted by molar-refractivity contribution is -0.129. The highest BCUT2D eigenvalue weighted by atomic mass is 35.5. The van der Waals surface area contributed by atoms with Crippen molar-refractivity contribution in [3.63, 3.8) is 0 Å². The summed E-state index contributed by atoms with van der Waals surface area (Å²) in [6, 6.07) is 16.9. The third kappa shape index (κ3) is 8.46. The maximum Gasteiger partial charge on any atom is 0.248 e. The van der Waals surface area contributed by atoms with Gasteiger partial charge in [0.25, 0.3) is 0 Å². The van der Waals surface area contributed by atoms with Crippen LogP contribution >= 0.6 is 11.6 Å². The Kier molecular flexibility index (Phi) is 11.5. The van der Waals surface area contributed by atoms with Gasteiger partial charge in [-0.05, 0) is 50.7 Å². The summed E-state index contributed by atoms with van der Waals surface area (Å²) in [4.78, 5) is 33.7. The third-order valence-corrected chi connectivity index (χ3v) is 5.24. The summed E-state index contributed by atoms with van der Waals surface area (Å²) < 4.78 is 0. The van der Waals surface area contributed by atoms with E-state index in [-0.39, 0.29) is 24.2 Å².